The molecule has 76 valence electrons. The van der Waals surface area contributed by atoms with Crippen LogP contribution < -0.4 is 10.6 Å². The van der Waals surface area contributed by atoms with Crippen molar-refractivity contribution < 1.29 is 0 Å². The molecule has 1 aliphatic heterocycles. The van der Waals surface area contributed by atoms with Gasteiger partial charge >= 0.3 is 0 Å². The summed E-state index contributed by atoms with van der Waals surface area (Å²) < 4.78 is 0. The Morgan fingerprint density at radius 3 is 3.00 bits per heavy atom. The van der Waals surface area contributed by atoms with Gasteiger partial charge in [0, 0.05) is 18.8 Å². The maximum Gasteiger partial charge on any atom is 0.0340 e. The van der Waals surface area contributed by atoms with E-state index >= 15 is 0 Å². The van der Waals surface area contributed by atoms with Gasteiger partial charge in [-0.05, 0) is 37.1 Å². The molecule has 1 fully saturated rings. The van der Waals surface area contributed by atoms with Crippen molar-refractivity contribution in [3.63, 3.8) is 0 Å². The molecule has 2 N–H and O–H groups in total. The van der Waals surface area contributed by atoms with Gasteiger partial charge in [-0.15, -0.1) is 0 Å². The fourth-order valence-corrected chi connectivity index (χ4v) is 2.05. The van der Waals surface area contributed by atoms with E-state index in [1.54, 1.807) is 0 Å². The molecule has 0 radical (unpaired) electrons. The van der Waals surface area contributed by atoms with Crippen LogP contribution in [0.3, 0.4) is 0 Å². The quantitative estimate of drug-likeness (QED) is 0.749. The van der Waals surface area contributed by atoms with Crippen LogP contribution in [0.25, 0.3) is 0 Å². The predicted molar refractivity (Wildman–Crippen MR) is 60.6 cm³/mol. The van der Waals surface area contributed by atoms with E-state index in [0.29, 0.717) is 6.04 Å². The minimum absolute atomic E-state index is 0.567. The molecule has 0 aliphatic carbocycles. The lowest BCUT2D eigenvalue weighted by molar-refractivity contribution is 0.412. The molecule has 1 saturated heterocycles. The minimum Gasteiger partial charge on any atom is -0.388 e. The van der Waals surface area contributed by atoms with Gasteiger partial charge in [0.15, 0.2) is 0 Å². The van der Waals surface area contributed by atoms with Gasteiger partial charge in [0.2, 0.25) is 0 Å². The summed E-state index contributed by atoms with van der Waals surface area (Å²) in [6, 6.07) is 9.24. The summed E-state index contributed by atoms with van der Waals surface area (Å²) in [6.45, 7) is 1.16. The first-order valence-electron chi connectivity index (χ1n) is 5.41. The van der Waals surface area contributed by atoms with Crippen molar-refractivity contribution in [3.8, 4) is 0 Å². The molecule has 0 saturated carbocycles. The SMILES string of the molecule is CNc1cccc(C2CCCCN2)c1. The van der Waals surface area contributed by atoms with Crippen LogP contribution in [-0.4, -0.2) is 13.6 Å². The highest BCUT2D eigenvalue weighted by Crippen LogP contribution is 2.24. The standard InChI is InChI=1S/C12H18N2/c1-13-11-6-4-5-10(9-11)12-7-2-3-8-14-12/h4-6,9,12-14H,2-3,7-8H2,1H3. The molecule has 0 aromatic heterocycles. The Morgan fingerprint density at radius 2 is 2.29 bits per heavy atom. The number of benzene rings is 1. The number of nitrogens with one attached hydrogen (secondary N) is 2. The molecular weight excluding hydrogens is 172 g/mol. The minimum atomic E-state index is 0.567. The summed E-state index contributed by atoms with van der Waals surface area (Å²) in [5.41, 5.74) is 2.62. The Morgan fingerprint density at radius 1 is 1.36 bits per heavy atom. The van der Waals surface area contributed by atoms with Crippen molar-refractivity contribution >= 4 is 5.69 Å². The number of piperidine rings is 1. The van der Waals surface area contributed by atoms with Crippen LogP contribution in [0.2, 0.25) is 0 Å². The molecular formula is C12H18N2. The van der Waals surface area contributed by atoms with Crippen LogP contribution >= 0.6 is 0 Å². The molecule has 1 aromatic carbocycles. The fourth-order valence-electron chi connectivity index (χ4n) is 2.05. The van der Waals surface area contributed by atoms with Gasteiger partial charge in [-0.1, -0.05) is 18.6 Å². The van der Waals surface area contributed by atoms with Crippen molar-refractivity contribution in [2.75, 3.05) is 18.9 Å². The van der Waals surface area contributed by atoms with Crippen LogP contribution in [0.4, 0.5) is 5.69 Å². The molecule has 0 spiro atoms. The average molecular weight is 190 g/mol. The maximum absolute atomic E-state index is 3.56. The lowest BCUT2D eigenvalue weighted by atomic mass is 9.97. The first kappa shape index (κ1) is 9.53. The second-order valence-corrected chi connectivity index (χ2v) is 3.88. The molecule has 1 unspecified atom stereocenters. The predicted octanol–water partition coefficient (Wildman–Crippen LogP) is 2.54. The summed E-state index contributed by atoms with van der Waals surface area (Å²) in [4.78, 5) is 0. The van der Waals surface area contributed by atoms with Crippen molar-refractivity contribution in [1.29, 1.82) is 0 Å². The number of hydrogen-bond acceptors (Lipinski definition) is 2. The first-order valence-corrected chi connectivity index (χ1v) is 5.41. The van der Waals surface area contributed by atoms with Gasteiger partial charge in [-0.3, -0.25) is 0 Å². The Bertz CT molecular complexity index is 290. The second-order valence-electron chi connectivity index (χ2n) is 3.88. The summed E-state index contributed by atoms with van der Waals surface area (Å²) in [6.07, 6.45) is 3.94. The van der Waals surface area contributed by atoms with E-state index in [1.807, 2.05) is 7.05 Å². The molecule has 1 heterocycles. The Balaban J connectivity index is 2.13. The highest BCUT2D eigenvalue weighted by atomic mass is 14.9. The van der Waals surface area contributed by atoms with Crippen LogP contribution in [-0.2, 0) is 0 Å². The molecule has 0 amide bonds. The van der Waals surface area contributed by atoms with Crippen LogP contribution in [0.5, 0.6) is 0 Å². The third-order valence-corrected chi connectivity index (χ3v) is 2.89. The Hall–Kier alpha value is -1.02. The van der Waals surface area contributed by atoms with Crippen molar-refractivity contribution in [2.45, 2.75) is 25.3 Å². The highest BCUT2D eigenvalue weighted by Gasteiger charge is 2.14. The van der Waals surface area contributed by atoms with E-state index in [-0.39, 0.29) is 0 Å². The highest BCUT2D eigenvalue weighted by molar-refractivity contribution is 5.45. The Labute approximate surface area is 85.7 Å². The molecule has 1 atom stereocenters. The van der Waals surface area contributed by atoms with E-state index in [9.17, 15) is 0 Å². The van der Waals surface area contributed by atoms with Crippen molar-refractivity contribution in [3.05, 3.63) is 29.8 Å². The zero-order valence-electron chi connectivity index (χ0n) is 8.72. The van der Waals surface area contributed by atoms with E-state index in [1.165, 1.54) is 30.5 Å². The van der Waals surface area contributed by atoms with Crippen LogP contribution in [0.15, 0.2) is 24.3 Å². The summed E-state index contributed by atoms with van der Waals surface area (Å²) >= 11 is 0. The zero-order valence-corrected chi connectivity index (χ0v) is 8.72. The molecule has 2 rings (SSSR count). The summed E-state index contributed by atoms with van der Waals surface area (Å²) in [5.74, 6) is 0. The summed E-state index contributed by atoms with van der Waals surface area (Å²) in [5, 5.41) is 6.74. The molecule has 0 bridgehead atoms. The molecule has 2 nitrogen and oxygen atoms in total. The number of anilines is 1. The van der Waals surface area contributed by atoms with E-state index in [0.717, 1.165) is 6.54 Å². The van der Waals surface area contributed by atoms with Crippen molar-refractivity contribution in [2.24, 2.45) is 0 Å². The largest absolute Gasteiger partial charge is 0.388 e. The lowest BCUT2D eigenvalue weighted by Gasteiger charge is -2.24. The molecule has 1 aromatic rings. The maximum atomic E-state index is 3.56. The molecule has 14 heavy (non-hydrogen) atoms. The van der Waals surface area contributed by atoms with Crippen LogP contribution in [0.1, 0.15) is 30.9 Å². The number of hydrogen-bond donors (Lipinski definition) is 2. The second kappa shape index (κ2) is 4.47. The van der Waals surface area contributed by atoms with Gasteiger partial charge in [0.1, 0.15) is 0 Å². The first-order chi connectivity index (χ1) is 6.90. The lowest BCUT2D eigenvalue weighted by Crippen LogP contribution is -2.26. The smallest absolute Gasteiger partial charge is 0.0340 e. The van der Waals surface area contributed by atoms with Crippen LogP contribution in [0, 0.1) is 0 Å². The van der Waals surface area contributed by atoms with Gasteiger partial charge in [0.05, 0.1) is 0 Å². The molecule has 1 aliphatic rings. The third kappa shape index (κ3) is 2.07. The van der Waals surface area contributed by atoms with Gasteiger partial charge < -0.3 is 10.6 Å². The third-order valence-electron chi connectivity index (χ3n) is 2.89. The zero-order chi connectivity index (χ0) is 9.80. The number of rotatable bonds is 2. The van der Waals surface area contributed by atoms with Gasteiger partial charge in [-0.2, -0.15) is 0 Å². The fraction of sp³-hybridized carbons (Fsp3) is 0.500. The van der Waals surface area contributed by atoms with E-state index in [2.05, 4.69) is 34.9 Å². The van der Waals surface area contributed by atoms with Gasteiger partial charge in [-0.25, -0.2) is 0 Å². The monoisotopic (exact) mass is 190 g/mol. The van der Waals surface area contributed by atoms with Crippen molar-refractivity contribution in [1.82, 2.24) is 5.32 Å². The topological polar surface area (TPSA) is 24.1 Å². The molecule has 2 heteroatoms. The van der Waals surface area contributed by atoms with E-state index < -0.39 is 0 Å². The Kier molecular flexibility index (Phi) is 3.04. The summed E-state index contributed by atoms with van der Waals surface area (Å²) in [7, 11) is 1.97. The normalized spacial score (nSPS) is 21.9. The van der Waals surface area contributed by atoms with Gasteiger partial charge in [0.25, 0.3) is 0 Å². The van der Waals surface area contributed by atoms with E-state index in [4.69, 9.17) is 0 Å². The average Bonchev–Trinajstić information content (AvgIpc) is 2.30.